The summed E-state index contributed by atoms with van der Waals surface area (Å²) >= 11 is 3.53. The highest BCUT2D eigenvalue weighted by Gasteiger charge is 2.10. The number of halogens is 1. The summed E-state index contributed by atoms with van der Waals surface area (Å²) < 4.78 is 6.49. The molecule has 142 valence electrons. The lowest BCUT2D eigenvalue weighted by atomic mass is 9.98. The van der Waals surface area contributed by atoms with E-state index in [-0.39, 0.29) is 0 Å². The molecule has 2 nitrogen and oxygen atoms in total. The lowest BCUT2D eigenvalue weighted by Crippen LogP contribution is -1.96. The summed E-state index contributed by atoms with van der Waals surface area (Å²) in [6.45, 7) is 2.26. The molecule has 0 unspecified atom stereocenters. The Morgan fingerprint density at radius 1 is 0.889 bits per heavy atom. The van der Waals surface area contributed by atoms with E-state index in [2.05, 4.69) is 59.3 Å². The van der Waals surface area contributed by atoms with Crippen LogP contribution in [-0.4, -0.2) is 12.1 Å². The topological polar surface area (TPSA) is 22.1 Å². The number of hydrogen-bond donors (Lipinski definition) is 0. The Hall–Kier alpha value is -1.87. The fourth-order valence-corrected chi connectivity index (χ4v) is 3.73. The number of unbranched alkanes of at least 4 members (excludes halogenated alkanes) is 5. The second-order valence-electron chi connectivity index (χ2n) is 7.08. The molecule has 0 saturated heterocycles. The largest absolute Gasteiger partial charge is 0.497 e. The minimum absolute atomic E-state index is 0.881. The summed E-state index contributed by atoms with van der Waals surface area (Å²) in [5, 5.41) is 1.15. The Bertz CT molecular complexity index is 873. The number of fused-ring (bicyclic) bond motifs is 1. The van der Waals surface area contributed by atoms with E-state index in [0.29, 0.717) is 0 Å². The molecule has 0 fully saturated rings. The number of nitrogens with zero attached hydrogens (tertiary/aromatic N) is 1. The average molecular weight is 426 g/mol. The van der Waals surface area contributed by atoms with Gasteiger partial charge in [0.05, 0.1) is 18.3 Å². The van der Waals surface area contributed by atoms with Crippen LogP contribution in [0.3, 0.4) is 0 Å². The molecular weight excluding hydrogens is 398 g/mol. The van der Waals surface area contributed by atoms with Gasteiger partial charge in [0.2, 0.25) is 0 Å². The van der Waals surface area contributed by atoms with Crippen molar-refractivity contribution in [3.63, 3.8) is 0 Å². The molecule has 3 aromatic rings. The van der Waals surface area contributed by atoms with E-state index < -0.39 is 0 Å². The molecule has 27 heavy (non-hydrogen) atoms. The van der Waals surface area contributed by atoms with Gasteiger partial charge in [0.25, 0.3) is 0 Å². The van der Waals surface area contributed by atoms with Crippen LogP contribution in [0.25, 0.3) is 22.2 Å². The first kappa shape index (κ1) is 19.9. The Morgan fingerprint density at radius 2 is 1.63 bits per heavy atom. The third kappa shape index (κ3) is 5.32. The third-order valence-corrected chi connectivity index (χ3v) is 5.55. The van der Waals surface area contributed by atoms with Crippen molar-refractivity contribution in [3.8, 4) is 17.0 Å². The Balaban J connectivity index is 1.89. The molecule has 0 radical (unpaired) electrons. The van der Waals surface area contributed by atoms with E-state index in [1.807, 2.05) is 12.1 Å². The van der Waals surface area contributed by atoms with Crippen LogP contribution in [0.1, 0.15) is 51.0 Å². The molecular formula is C24H28BrNO. The first-order chi connectivity index (χ1) is 13.2. The zero-order valence-electron chi connectivity index (χ0n) is 16.3. The number of pyridine rings is 1. The van der Waals surface area contributed by atoms with Gasteiger partial charge in [-0.1, -0.05) is 67.1 Å². The summed E-state index contributed by atoms with van der Waals surface area (Å²) in [6.07, 6.45) is 8.89. The van der Waals surface area contributed by atoms with Crippen molar-refractivity contribution in [2.75, 3.05) is 7.11 Å². The van der Waals surface area contributed by atoms with Crippen LogP contribution in [0.4, 0.5) is 0 Å². The summed E-state index contributed by atoms with van der Waals surface area (Å²) in [5.74, 6) is 0.881. The summed E-state index contributed by atoms with van der Waals surface area (Å²) in [4.78, 5) is 5.01. The van der Waals surface area contributed by atoms with Gasteiger partial charge in [-0.05, 0) is 54.8 Å². The van der Waals surface area contributed by atoms with Crippen molar-refractivity contribution in [2.45, 2.75) is 51.9 Å². The molecule has 0 aliphatic heterocycles. The van der Waals surface area contributed by atoms with E-state index in [4.69, 9.17) is 9.72 Å². The van der Waals surface area contributed by atoms with Crippen LogP contribution in [-0.2, 0) is 6.42 Å². The minimum Gasteiger partial charge on any atom is -0.497 e. The average Bonchev–Trinajstić information content (AvgIpc) is 2.70. The molecule has 3 rings (SSSR count). The fraction of sp³-hybridized carbons (Fsp3) is 0.375. The number of aromatic nitrogens is 1. The van der Waals surface area contributed by atoms with Gasteiger partial charge in [-0.3, -0.25) is 0 Å². The fourth-order valence-electron chi connectivity index (χ4n) is 3.47. The molecule has 0 aliphatic carbocycles. The number of hydrogen-bond acceptors (Lipinski definition) is 2. The molecule has 2 aromatic carbocycles. The molecule has 1 aromatic heterocycles. The van der Waals surface area contributed by atoms with Gasteiger partial charge in [0, 0.05) is 15.4 Å². The van der Waals surface area contributed by atoms with Gasteiger partial charge in [0.1, 0.15) is 5.75 Å². The van der Waals surface area contributed by atoms with Gasteiger partial charge < -0.3 is 4.74 Å². The van der Waals surface area contributed by atoms with Crippen LogP contribution in [0.2, 0.25) is 0 Å². The van der Waals surface area contributed by atoms with E-state index in [0.717, 1.165) is 33.2 Å². The number of rotatable bonds is 9. The number of aryl methyl sites for hydroxylation is 1. The van der Waals surface area contributed by atoms with Crippen molar-refractivity contribution in [1.29, 1.82) is 0 Å². The molecule has 1 heterocycles. The monoisotopic (exact) mass is 425 g/mol. The minimum atomic E-state index is 0.881. The number of methoxy groups -OCH3 is 1. The van der Waals surface area contributed by atoms with Crippen molar-refractivity contribution in [2.24, 2.45) is 0 Å². The second kappa shape index (κ2) is 9.89. The maximum absolute atomic E-state index is 5.39. The van der Waals surface area contributed by atoms with Crippen LogP contribution < -0.4 is 4.74 Å². The molecule has 0 bridgehead atoms. The van der Waals surface area contributed by atoms with Gasteiger partial charge in [-0.15, -0.1) is 0 Å². The maximum atomic E-state index is 5.39. The first-order valence-corrected chi connectivity index (χ1v) is 10.7. The molecule has 0 spiro atoms. The Morgan fingerprint density at radius 3 is 2.37 bits per heavy atom. The molecule has 0 aliphatic rings. The summed E-state index contributed by atoms with van der Waals surface area (Å²) in [6, 6.07) is 16.9. The Kier molecular flexibility index (Phi) is 7.28. The molecule has 0 amide bonds. The highest BCUT2D eigenvalue weighted by molar-refractivity contribution is 9.10. The van der Waals surface area contributed by atoms with Crippen molar-refractivity contribution >= 4 is 26.8 Å². The maximum Gasteiger partial charge on any atom is 0.119 e. The van der Waals surface area contributed by atoms with Gasteiger partial charge in [-0.2, -0.15) is 0 Å². The highest BCUT2D eigenvalue weighted by Crippen LogP contribution is 2.30. The third-order valence-electron chi connectivity index (χ3n) is 5.02. The summed E-state index contributed by atoms with van der Waals surface area (Å²) in [5.41, 5.74) is 4.62. The second-order valence-corrected chi connectivity index (χ2v) is 8.00. The van der Waals surface area contributed by atoms with E-state index >= 15 is 0 Å². The van der Waals surface area contributed by atoms with E-state index in [1.54, 1.807) is 7.11 Å². The zero-order chi connectivity index (χ0) is 19.1. The summed E-state index contributed by atoms with van der Waals surface area (Å²) in [7, 11) is 1.71. The van der Waals surface area contributed by atoms with Crippen LogP contribution in [0.5, 0.6) is 5.75 Å². The zero-order valence-corrected chi connectivity index (χ0v) is 17.9. The molecule has 0 saturated carbocycles. The highest BCUT2D eigenvalue weighted by atomic mass is 79.9. The van der Waals surface area contributed by atoms with Gasteiger partial charge >= 0.3 is 0 Å². The van der Waals surface area contributed by atoms with E-state index in [1.165, 1.54) is 49.7 Å². The van der Waals surface area contributed by atoms with Crippen LogP contribution in [0, 0.1) is 0 Å². The van der Waals surface area contributed by atoms with Crippen molar-refractivity contribution in [1.82, 2.24) is 4.98 Å². The number of benzene rings is 2. The van der Waals surface area contributed by atoms with Crippen LogP contribution >= 0.6 is 15.9 Å². The van der Waals surface area contributed by atoms with Crippen LogP contribution in [0.15, 0.2) is 53.0 Å². The van der Waals surface area contributed by atoms with Crippen molar-refractivity contribution in [3.05, 3.63) is 58.6 Å². The normalized spacial score (nSPS) is 11.1. The SMILES string of the molecule is CCCCCCCCc1cc2cc(OC)ccc2nc1-c1ccc(Br)cc1. The number of ether oxygens (including phenoxy) is 1. The lowest BCUT2D eigenvalue weighted by Gasteiger charge is -2.12. The van der Waals surface area contributed by atoms with E-state index in [9.17, 15) is 0 Å². The first-order valence-electron chi connectivity index (χ1n) is 9.95. The quantitative estimate of drug-likeness (QED) is 0.329. The predicted octanol–water partition coefficient (Wildman–Crippen LogP) is 7.58. The van der Waals surface area contributed by atoms with Crippen molar-refractivity contribution < 1.29 is 4.74 Å². The van der Waals surface area contributed by atoms with Gasteiger partial charge in [-0.25, -0.2) is 4.98 Å². The smallest absolute Gasteiger partial charge is 0.119 e. The lowest BCUT2D eigenvalue weighted by molar-refractivity contribution is 0.415. The molecule has 0 N–H and O–H groups in total. The predicted molar refractivity (Wildman–Crippen MR) is 119 cm³/mol. The Labute approximate surface area is 171 Å². The van der Waals surface area contributed by atoms with Gasteiger partial charge in [0.15, 0.2) is 0 Å². The molecule has 3 heteroatoms. The standard InChI is InChI=1S/C24H28BrNO/c1-3-4-5-6-7-8-9-19-16-20-17-22(27-2)14-15-23(20)26-24(19)18-10-12-21(25)13-11-18/h10-17H,3-9H2,1-2H3. The molecule has 0 atom stereocenters.